The molecule has 9 heteroatoms. The van der Waals surface area contributed by atoms with E-state index in [1.54, 1.807) is 12.1 Å². The van der Waals surface area contributed by atoms with E-state index in [9.17, 15) is 10.1 Å². The molecule has 4 rings (SSSR count). The Morgan fingerprint density at radius 3 is 2.80 bits per heavy atom. The normalized spacial score (nSPS) is 17.4. The van der Waals surface area contributed by atoms with E-state index in [2.05, 4.69) is 16.5 Å². The number of benzene rings is 1. The molecule has 0 spiro atoms. The number of oxime groups is 1. The van der Waals surface area contributed by atoms with E-state index in [-0.39, 0.29) is 12.3 Å². The number of anilines is 1. The Balaban J connectivity index is 1.50. The summed E-state index contributed by atoms with van der Waals surface area (Å²) in [6.45, 7) is 0. The van der Waals surface area contributed by atoms with Gasteiger partial charge in [-0.15, -0.1) is 11.3 Å². The van der Waals surface area contributed by atoms with Gasteiger partial charge in [0.05, 0.1) is 30.5 Å². The molecule has 1 N–H and O–H groups in total. The fourth-order valence-electron chi connectivity index (χ4n) is 3.73. The molecule has 7 nitrogen and oxygen atoms in total. The number of carbonyl (C=O) groups is 1. The number of nitrogens with zero attached hydrogens (tertiary/aromatic N) is 2. The number of fused-ring (bicyclic) bond motifs is 1. The number of hydrogen-bond donors (Lipinski definition) is 1. The third kappa shape index (κ3) is 3.71. The lowest BCUT2D eigenvalue weighted by molar-refractivity contribution is -0.125. The van der Waals surface area contributed by atoms with Crippen LogP contribution in [0.3, 0.4) is 0 Å². The topological polar surface area (TPSA) is 92.9 Å². The van der Waals surface area contributed by atoms with Crippen LogP contribution in [0.5, 0.6) is 11.5 Å². The highest BCUT2D eigenvalue weighted by atomic mass is 35.5. The molecule has 0 saturated carbocycles. The van der Waals surface area contributed by atoms with Crippen molar-refractivity contribution in [2.45, 2.75) is 38.2 Å². The average molecular weight is 446 g/mol. The molecule has 2 heterocycles. The van der Waals surface area contributed by atoms with E-state index in [4.69, 9.17) is 25.9 Å². The van der Waals surface area contributed by atoms with Gasteiger partial charge in [0, 0.05) is 22.9 Å². The van der Waals surface area contributed by atoms with Crippen molar-refractivity contribution in [1.82, 2.24) is 0 Å². The van der Waals surface area contributed by atoms with Crippen LogP contribution in [-0.2, 0) is 22.5 Å². The number of hydrogen-bond acceptors (Lipinski definition) is 7. The van der Waals surface area contributed by atoms with Crippen molar-refractivity contribution in [3.05, 3.63) is 38.7 Å². The first kappa shape index (κ1) is 20.5. The minimum atomic E-state index is -0.795. The fourth-order valence-corrected chi connectivity index (χ4v) is 5.21. The number of methoxy groups -OCH3 is 2. The molecule has 1 aromatic carbocycles. The summed E-state index contributed by atoms with van der Waals surface area (Å²) in [4.78, 5) is 19.4. The SMILES string of the molecule is COc1cc(OC)c(C2=NO[C@H](C(=O)Nc3sc4c(c3C#N)CCCC4)C2)cc1Cl. The quantitative estimate of drug-likeness (QED) is 0.740. The number of carbonyl (C=O) groups excluding carboxylic acids is 1. The van der Waals surface area contributed by atoms with Gasteiger partial charge in [0.2, 0.25) is 6.10 Å². The van der Waals surface area contributed by atoms with Crippen molar-refractivity contribution < 1.29 is 19.1 Å². The smallest absolute Gasteiger partial charge is 0.269 e. The molecule has 1 atom stereocenters. The first-order valence-electron chi connectivity index (χ1n) is 9.55. The van der Waals surface area contributed by atoms with Gasteiger partial charge < -0.3 is 19.6 Å². The lowest BCUT2D eigenvalue weighted by Gasteiger charge is -2.12. The van der Waals surface area contributed by atoms with Crippen LogP contribution in [0, 0.1) is 11.3 Å². The second-order valence-electron chi connectivity index (χ2n) is 7.04. The monoisotopic (exact) mass is 445 g/mol. The van der Waals surface area contributed by atoms with Crippen LogP contribution in [0.1, 0.15) is 40.8 Å². The van der Waals surface area contributed by atoms with E-state index in [1.807, 2.05) is 0 Å². The van der Waals surface area contributed by atoms with Crippen LogP contribution in [0.25, 0.3) is 0 Å². The van der Waals surface area contributed by atoms with Gasteiger partial charge >= 0.3 is 0 Å². The Hall–Kier alpha value is -2.76. The number of nitrogens with one attached hydrogen (secondary N) is 1. The largest absolute Gasteiger partial charge is 0.496 e. The van der Waals surface area contributed by atoms with Crippen molar-refractivity contribution in [1.29, 1.82) is 5.26 Å². The van der Waals surface area contributed by atoms with Crippen LogP contribution in [0.4, 0.5) is 5.00 Å². The van der Waals surface area contributed by atoms with E-state index < -0.39 is 6.10 Å². The van der Waals surface area contributed by atoms with Gasteiger partial charge in [-0.3, -0.25) is 4.79 Å². The van der Waals surface area contributed by atoms with Crippen molar-refractivity contribution in [3.8, 4) is 17.6 Å². The molecule has 0 bridgehead atoms. The summed E-state index contributed by atoms with van der Waals surface area (Å²) < 4.78 is 10.6. The van der Waals surface area contributed by atoms with E-state index >= 15 is 0 Å². The number of amides is 1. The van der Waals surface area contributed by atoms with Gasteiger partial charge in [0.15, 0.2) is 0 Å². The van der Waals surface area contributed by atoms with Gasteiger partial charge in [0.1, 0.15) is 22.6 Å². The van der Waals surface area contributed by atoms with Crippen molar-refractivity contribution in [2.75, 3.05) is 19.5 Å². The van der Waals surface area contributed by atoms with Crippen LogP contribution < -0.4 is 14.8 Å². The predicted octanol–water partition coefficient (Wildman–Crippen LogP) is 4.30. The molecular weight excluding hydrogens is 426 g/mol. The molecule has 30 heavy (non-hydrogen) atoms. The van der Waals surface area contributed by atoms with Gasteiger partial charge in [-0.05, 0) is 37.3 Å². The number of nitriles is 1. The number of rotatable bonds is 5. The lowest BCUT2D eigenvalue weighted by Crippen LogP contribution is -2.28. The predicted molar refractivity (Wildman–Crippen MR) is 115 cm³/mol. The number of ether oxygens (including phenoxy) is 2. The van der Waals surface area contributed by atoms with Gasteiger partial charge in [-0.2, -0.15) is 5.26 Å². The average Bonchev–Trinajstić information content (AvgIpc) is 3.38. The van der Waals surface area contributed by atoms with Crippen molar-refractivity contribution >= 4 is 39.6 Å². The number of aryl methyl sites for hydroxylation is 1. The van der Waals surface area contributed by atoms with Crippen LogP contribution in [-0.4, -0.2) is 31.9 Å². The third-order valence-corrected chi connectivity index (χ3v) is 6.77. The minimum Gasteiger partial charge on any atom is -0.496 e. The van der Waals surface area contributed by atoms with Crippen LogP contribution >= 0.6 is 22.9 Å². The molecule has 2 aromatic rings. The molecule has 2 aliphatic rings. The maximum Gasteiger partial charge on any atom is 0.269 e. The zero-order valence-electron chi connectivity index (χ0n) is 16.6. The van der Waals surface area contributed by atoms with Gasteiger partial charge in [-0.25, -0.2) is 0 Å². The zero-order valence-corrected chi connectivity index (χ0v) is 18.2. The third-order valence-electron chi connectivity index (χ3n) is 5.27. The Morgan fingerprint density at radius 1 is 1.30 bits per heavy atom. The van der Waals surface area contributed by atoms with Gasteiger partial charge in [-0.1, -0.05) is 16.8 Å². The Kier molecular flexibility index (Phi) is 5.84. The highest BCUT2D eigenvalue weighted by Gasteiger charge is 2.32. The highest BCUT2D eigenvalue weighted by molar-refractivity contribution is 7.16. The molecule has 156 valence electrons. The van der Waals surface area contributed by atoms with Crippen LogP contribution in [0.2, 0.25) is 5.02 Å². The molecule has 0 unspecified atom stereocenters. The summed E-state index contributed by atoms with van der Waals surface area (Å²) >= 11 is 7.73. The van der Waals surface area contributed by atoms with E-state index in [0.717, 1.165) is 31.2 Å². The second-order valence-corrected chi connectivity index (χ2v) is 8.55. The molecular formula is C21H20ClN3O4S. The van der Waals surface area contributed by atoms with Crippen molar-refractivity contribution in [2.24, 2.45) is 5.16 Å². The summed E-state index contributed by atoms with van der Waals surface area (Å²) in [5, 5.41) is 17.5. The highest BCUT2D eigenvalue weighted by Crippen LogP contribution is 2.38. The molecule has 0 saturated heterocycles. The Bertz CT molecular complexity index is 1070. The molecule has 1 aromatic heterocycles. The van der Waals surface area contributed by atoms with E-state index in [1.165, 1.54) is 30.4 Å². The van der Waals surface area contributed by atoms with E-state index in [0.29, 0.717) is 38.4 Å². The van der Waals surface area contributed by atoms with Crippen LogP contribution in [0.15, 0.2) is 17.3 Å². The molecule has 0 radical (unpaired) electrons. The number of thiophene rings is 1. The Morgan fingerprint density at radius 2 is 2.07 bits per heavy atom. The van der Waals surface area contributed by atoms with Crippen molar-refractivity contribution in [3.63, 3.8) is 0 Å². The first-order chi connectivity index (χ1) is 14.5. The standard InChI is InChI=1S/C21H20ClN3O4S/c1-27-16-9-17(28-2)14(22)7-12(16)15-8-18(29-25-15)20(26)24-21-13(10-23)11-5-3-4-6-19(11)30-21/h7,9,18H,3-6,8H2,1-2H3,(H,24,26)/t18-/m0/s1. The maximum absolute atomic E-state index is 12.8. The summed E-state index contributed by atoms with van der Waals surface area (Å²) in [5.74, 6) is 0.677. The first-order valence-corrected chi connectivity index (χ1v) is 10.7. The Labute approximate surface area is 183 Å². The minimum absolute atomic E-state index is 0.262. The molecule has 1 aliphatic carbocycles. The summed E-state index contributed by atoms with van der Waals surface area (Å²) in [6, 6.07) is 5.60. The zero-order chi connectivity index (χ0) is 21.3. The molecule has 1 amide bonds. The van der Waals surface area contributed by atoms with Gasteiger partial charge in [0.25, 0.3) is 5.91 Å². The lowest BCUT2D eigenvalue weighted by atomic mass is 9.96. The maximum atomic E-state index is 12.8. The molecule has 0 fully saturated rings. The summed E-state index contributed by atoms with van der Waals surface area (Å²) in [7, 11) is 3.06. The summed E-state index contributed by atoms with van der Waals surface area (Å²) in [6.07, 6.45) is 3.49. The second kappa shape index (κ2) is 8.54. The summed E-state index contributed by atoms with van der Waals surface area (Å²) in [5.41, 5.74) is 2.85. The number of halogens is 1. The fraction of sp³-hybridized carbons (Fsp3) is 0.381. The molecule has 1 aliphatic heterocycles.